The number of aromatic nitrogens is 2. The van der Waals surface area contributed by atoms with Crippen molar-refractivity contribution in [3.8, 4) is 12.3 Å². The van der Waals surface area contributed by atoms with Crippen LogP contribution in [0.4, 0.5) is 0 Å². The van der Waals surface area contributed by atoms with Gasteiger partial charge in [0.2, 0.25) is 5.78 Å². The molecule has 1 aromatic rings. The van der Waals surface area contributed by atoms with E-state index in [0.29, 0.717) is 24.1 Å². The van der Waals surface area contributed by atoms with E-state index in [0.717, 1.165) is 11.9 Å². The Morgan fingerprint density at radius 2 is 2.00 bits per heavy atom. The van der Waals surface area contributed by atoms with E-state index in [4.69, 9.17) is 16.7 Å². The molecule has 0 aliphatic rings. The maximum atomic E-state index is 11.2. The highest BCUT2D eigenvalue weighted by molar-refractivity contribution is 6.23. The van der Waals surface area contributed by atoms with Gasteiger partial charge in [0, 0.05) is 18.5 Å². The van der Waals surface area contributed by atoms with Gasteiger partial charge >= 0.3 is 12.2 Å². The molecule has 0 aliphatic heterocycles. The molecule has 0 fully saturated rings. The van der Waals surface area contributed by atoms with Gasteiger partial charge in [0.15, 0.2) is 5.69 Å². The van der Waals surface area contributed by atoms with E-state index in [1.807, 2.05) is 27.7 Å². The third-order valence-corrected chi connectivity index (χ3v) is 2.28. The van der Waals surface area contributed by atoms with Gasteiger partial charge in [-0.05, 0) is 18.9 Å². The van der Waals surface area contributed by atoms with Crippen molar-refractivity contribution in [2.24, 2.45) is 5.92 Å². The second kappa shape index (κ2) is 13.9. The molecular weight excluding hydrogens is 308 g/mol. The number of hydrogen-bond donors (Lipinski definition) is 1. The number of carbonyl (C=O) groups is 2. The van der Waals surface area contributed by atoms with Crippen molar-refractivity contribution in [1.82, 2.24) is 10.2 Å². The Morgan fingerprint density at radius 3 is 2.25 bits per heavy atom. The van der Waals surface area contributed by atoms with Crippen LogP contribution in [0.3, 0.4) is 0 Å². The normalized spacial score (nSPS) is 8.79. The highest BCUT2D eigenvalue weighted by atomic mass is 16.5. The summed E-state index contributed by atoms with van der Waals surface area (Å²) in [5, 5.41) is 6.65. The van der Waals surface area contributed by atoms with Crippen LogP contribution >= 0.6 is 0 Å². The van der Waals surface area contributed by atoms with Gasteiger partial charge < -0.3 is 10.3 Å². The number of carbonyl (C=O) groups excluding carboxylic acids is 2. The Kier molecular flexibility index (Phi) is 13.7. The van der Waals surface area contributed by atoms with Crippen LogP contribution in [0.1, 0.15) is 63.6 Å². The Bertz CT molecular complexity index is 591. The lowest BCUT2D eigenvalue weighted by Crippen LogP contribution is -2.04. The van der Waals surface area contributed by atoms with Crippen LogP contribution in [0, 0.1) is 18.3 Å². The van der Waals surface area contributed by atoms with Gasteiger partial charge in [-0.2, -0.15) is 9.89 Å². The number of aromatic amines is 1. The molecule has 7 heteroatoms. The van der Waals surface area contributed by atoms with E-state index in [-0.39, 0.29) is 11.8 Å². The summed E-state index contributed by atoms with van der Waals surface area (Å²) in [5.41, 5.74) is 8.88. The molecule has 0 atom stereocenters. The molecule has 24 heavy (non-hydrogen) atoms. The third-order valence-electron chi connectivity index (χ3n) is 2.28. The minimum atomic E-state index is -0.370. The molecule has 0 saturated carbocycles. The standard InChI is InChI=1S/C9H14N2O2.C5H8.C3H4N2O/c1-4-13-9(12)8-5-7(6(2)3)10-11-8;1-4-5(2)3;1-3(6)2-5-4/h5-6H,4H2,1-3H3,(H,10,11);1,5H,2-3H3;2H,1H3. The van der Waals surface area contributed by atoms with Gasteiger partial charge in [-0.25, -0.2) is 4.79 Å². The van der Waals surface area contributed by atoms with Crippen LogP contribution in [-0.4, -0.2) is 39.6 Å². The summed E-state index contributed by atoms with van der Waals surface area (Å²) < 4.78 is 4.80. The van der Waals surface area contributed by atoms with Crippen LogP contribution < -0.4 is 0 Å². The topological polar surface area (TPSA) is 108 Å². The number of nitrogens with one attached hydrogen (secondary N) is 1. The van der Waals surface area contributed by atoms with Crippen molar-refractivity contribution >= 4 is 18.0 Å². The number of esters is 1. The van der Waals surface area contributed by atoms with Gasteiger partial charge in [-0.15, -0.1) is 12.3 Å². The van der Waals surface area contributed by atoms with E-state index < -0.39 is 0 Å². The van der Waals surface area contributed by atoms with Crippen LogP contribution in [0.25, 0.3) is 5.53 Å². The lowest BCUT2D eigenvalue weighted by molar-refractivity contribution is -0.114. The van der Waals surface area contributed by atoms with E-state index in [1.54, 1.807) is 13.0 Å². The molecule has 0 aromatic carbocycles. The number of ketones is 1. The Morgan fingerprint density at radius 1 is 1.46 bits per heavy atom. The maximum absolute atomic E-state index is 11.2. The predicted molar refractivity (Wildman–Crippen MR) is 92.7 cm³/mol. The van der Waals surface area contributed by atoms with Gasteiger partial charge in [0.05, 0.1) is 6.61 Å². The number of nitrogens with zero attached hydrogens (tertiary/aromatic N) is 3. The summed E-state index contributed by atoms with van der Waals surface area (Å²) in [6, 6.07) is 1.72. The lowest BCUT2D eigenvalue weighted by Gasteiger charge is -1.97. The van der Waals surface area contributed by atoms with E-state index >= 15 is 0 Å². The van der Waals surface area contributed by atoms with Gasteiger partial charge in [-0.1, -0.05) is 27.7 Å². The average Bonchev–Trinajstić information content (AvgIpc) is 2.98. The van der Waals surface area contributed by atoms with Crippen LogP contribution in [0.15, 0.2) is 6.07 Å². The van der Waals surface area contributed by atoms with Crippen molar-refractivity contribution in [2.45, 2.75) is 47.5 Å². The fourth-order valence-electron chi connectivity index (χ4n) is 1.02. The van der Waals surface area contributed by atoms with Crippen molar-refractivity contribution < 1.29 is 19.1 Å². The molecule has 0 unspecified atom stereocenters. The summed E-state index contributed by atoms with van der Waals surface area (Å²) in [4.78, 5) is 23.4. The maximum Gasteiger partial charge on any atom is 0.358 e. The highest BCUT2D eigenvalue weighted by Gasteiger charge is 2.12. The summed E-state index contributed by atoms with van der Waals surface area (Å²) in [5.74, 6) is 2.66. The zero-order valence-electron chi connectivity index (χ0n) is 15.2. The number of terminal acetylenes is 1. The minimum absolute atomic E-state index is 0.252. The first-order valence-electron chi connectivity index (χ1n) is 7.56. The summed E-state index contributed by atoms with van der Waals surface area (Å²) >= 11 is 0. The predicted octanol–water partition coefficient (Wildman–Crippen LogP) is 2.86. The number of rotatable bonds is 4. The first kappa shape index (κ1) is 23.6. The Labute approximate surface area is 143 Å². The first-order chi connectivity index (χ1) is 11.2. The van der Waals surface area contributed by atoms with E-state index in [2.05, 4.69) is 20.9 Å². The van der Waals surface area contributed by atoms with Crippen molar-refractivity contribution in [1.29, 1.82) is 0 Å². The Balaban J connectivity index is 0. The summed E-state index contributed by atoms with van der Waals surface area (Å²) in [7, 11) is 0. The van der Waals surface area contributed by atoms with E-state index in [1.165, 1.54) is 6.92 Å². The molecule has 1 heterocycles. The molecule has 7 nitrogen and oxygen atoms in total. The molecule has 0 amide bonds. The zero-order chi connectivity index (χ0) is 19.1. The number of ether oxygens (including phenoxy) is 1. The molecular formula is C17H26N4O3. The summed E-state index contributed by atoms with van der Waals surface area (Å²) in [6.45, 7) is 11.5. The molecule has 1 aromatic heterocycles. The van der Waals surface area contributed by atoms with Crippen LogP contribution in [0.5, 0.6) is 0 Å². The van der Waals surface area contributed by atoms with Crippen molar-refractivity contribution in [3.05, 3.63) is 23.0 Å². The van der Waals surface area contributed by atoms with Gasteiger partial charge in [-0.3, -0.25) is 9.89 Å². The Hall–Kier alpha value is -2.71. The number of Topliss-reactive ketones (excluding diaryl/α,β-unsaturated/α-hetero) is 1. The van der Waals surface area contributed by atoms with Crippen molar-refractivity contribution in [3.63, 3.8) is 0 Å². The second-order valence-corrected chi connectivity index (χ2v) is 5.26. The van der Waals surface area contributed by atoms with Gasteiger partial charge in [0.1, 0.15) is 0 Å². The molecule has 0 radical (unpaired) electrons. The molecule has 0 aliphatic carbocycles. The molecule has 1 N–H and O–H groups in total. The van der Waals surface area contributed by atoms with Crippen LogP contribution in [-0.2, 0) is 9.53 Å². The molecule has 0 bridgehead atoms. The SMILES string of the molecule is C#CC(C)C.CC(=O)C=[N+]=[N-].CCOC(=O)c1cc(C(C)C)[nH]n1. The second-order valence-electron chi connectivity index (χ2n) is 5.26. The molecule has 1 rings (SSSR count). The largest absolute Gasteiger partial charge is 0.461 e. The number of hydrogen-bond acceptors (Lipinski definition) is 4. The molecule has 0 saturated heterocycles. The number of H-pyrrole nitrogens is 1. The zero-order valence-corrected chi connectivity index (χ0v) is 15.2. The molecule has 0 spiro atoms. The average molecular weight is 334 g/mol. The fraction of sp³-hybridized carbons (Fsp3) is 0.529. The lowest BCUT2D eigenvalue weighted by atomic mass is 10.1. The first-order valence-corrected chi connectivity index (χ1v) is 7.56. The molecule has 132 valence electrons. The summed E-state index contributed by atoms with van der Waals surface area (Å²) in [6.07, 6.45) is 5.75. The van der Waals surface area contributed by atoms with E-state index in [9.17, 15) is 9.59 Å². The van der Waals surface area contributed by atoms with Gasteiger partial charge in [0.25, 0.3) is 0 Å². The highest BCUT2D eigenvalue weighted by Crippen LogP contribution is 2.12. The van der Waals surface area contributed by atoms with Crippen molar-refractivity contribution in [2.75, 3.05) is 6.61 Å². The quantitative estimate of drug-likeness (QED) is 0.300. The monoisotopic (exact) mass is 334 g/mol. The fourth-order valence-corrected chi connectivity index (χ4v) is 1.02. The third kappa shape index (κ3) is 13.0. The smallest absolute Gasteiger partial charge is 0.358 e. The van der Waals surface area contributed by atoms with Crippen LogP contribution in [0.2, 0.25) is 0 Å². The minimum Gasteiger partial charge on any atom is -0.461 e.